The Balaban J connectivity index is 1.51. The van der Waals surface area contributed by atoms with Crippen LogP contribution in [0.2, 0.25) is 0 Å². The number of amides is 1. The van der Waals surface area contributed by atoms with Crippen molar-refractivity contribution in [3.8, 4) is 22.8 Å². The lowest BCUT2D eigenvalue weighted by Gasteiger charge is -2.06. The van der Waals surface area contributed by atoms with Crippen LogP contribution in [0.5, 0.6) is 11.5 Å². The van der Waals surface area contributed by atoms with Crippen LogP contribution < -0.4 is 14.8 Å². The summed E-state index contributed by atoms with van der Waals surface area (Å²) in [5.74, 6) is 2.06. The third-order valence-corrected chi connectivity index (χ3v) is 4.12. The van der Waals surface area contributed by atoms with E-state index in [0.29, 0.717) is 18.0 Å². The van der Waals surface area contributed by atoms with Gasteiger partial charge >= 0.3 is 0 Å². The van der Waals surface area contributed by atoms with Gasteiger partial charge in [0.2, 0.25) is 5.91 Å². The molecule has 0 unspecified atom stereocenters. The molecule has 0 spiro atoms. The minimum absolute atomic E-state index is 0.0941. The molecule has 1 N–H and O–H groups in total. The monoisotopic (exact) mass is 366 g/mol. The first kappa shape index (κ1) is 18.5. The molecule has 0 radical (unpaired) electrons. The summed E-state index contributed by atoms with van der Waals surface area (Å²) in [7, 11) is 3.25. The van der Waals surface area contributed by atoms with Gasteiger partial charge in [0.1, 0.15) is 11.5 Å². The van der Waals surface area contributed by atoms with Gasteiger partial charge in [0, 0.05) is 18.2 Å². The van der Waals surface area contributed by atoms with E-state index in [1.54, 1.807) is 20.3 Å². The molecule has 0 aliphatic rings. The van der Waals surface area contributed by atoms with Crippen molar-refractivity contribution in [1.29, 1.82) is 0 Å². The number of methoxy groups -OCH3 is 2. The van der Waals surface area contributed by atoms with Gasteiger partial charge in [0.25, 0.3) is 0 Å². The SMILES string of the molecule is COc1cccc(CCNC(=O)Cc2cc(-c3cccc(OC)c3)on2)c1. The van der Waals surface area contributed by atoms with Crippen molar-refractivity contribution in [2.75, 3.05) is 20.8 Å². The first-order valence-corrected chi connectivity index (χ1v) is 8.67. The number of aromatic nitrogens is 1. The molecule has 0 saturated heterocycles. The van der Waals surface area contributed by atoms with Crippen LogP contribution in [-0.2, 0) is 17.6 Å². The molecule has 140 valence electrons. The van der Waals surface area contributed by atoms with Gasteiger partial charge in [-0.3, -0.25) is 4.79 Å². The summed E-state index contributed by atoms with van der Waals surface area (Å²) in [6, 6.07) is 17.1. The van der Waals surface area contributed by atoms with Crippen LogP contribution in [0.3, 0.4) is 0 Å². The normalized spacial score (nSPS) is 10.4. The Morgan fingerprint density at radius 3 is 2.56 bits per heavy atom. The number of nitrogens with one attached hydrogen (secondary N) is 1. The minimum Gasteiger partial charge on any atom is -0.497 e. The lowest BCUT2D eigenvalue weighted by Crippen LogP contribution is -2.27. The average molecular weight is 366 g/mol. The lowest BCUT2D eigenvalue weighted by atomic mass is 10.1. The highest BCUT2D eigenvalue weighted by molar-refractivity contribution is 5.78. The summed E-state index contributed by atoms with van der Waals surface area (Å²) in [5.41, 5.74) is 2.55. The van der Waals surface area contributed by atoms with E-state index in [9.17, 15) is 4.79 Å². The molecular weight excluding hydrogens is 344 g/mol. The summed E-state index contributed by atoms with van der Waals surface area (Å²) < 4.78 is 15.8. The number of hydrogen-bond acceptors (Lipinski definition) is 5. The number of carbonyl (C=O) groups excluding carboxylic acids is 1. The van der Waals surface area contributed by atoms with Gasteiger partial charge in [-0.1, -0.05) is 29.4 Å². The second kappa shape index (κ2) is 8.89. The first-order valence-electron chi connectivity index (χ1n) is 8.67. The Hall–Kier alpha value is -3.28. The van der Waals surface area contributed by atoms with Gasteiger partial charge in [0.15, 0.2) is 5.76 Å². The number of nitrogens with zero attached hydrogens (tertiary/aromatic N) is 1. The van der Waals surface area contributed by atoms with Crippen LogP contribution in [0.4, 0.5) is 0 Å². The molecule has 0 atom stereocenters. The predicted octanol–water partition coefficient (Wildman–Crippen LogP) is 3.26. The topological polar surface area (TPSA) is 73.6 Å². The van der Waals surface area contributed by atoms with E-state index < -0.39 is 0 Å². The summed E-state index contributed by atoms with van der Waals surface area (Å²) >= 11 is 0. The second-order valence-corrected chi connectivity index (χ2v) is 6.04. The third kappa shape index (κ3) is 5.10. The molecule has 3 aromatic rings. The molecule has 3 rings (SSSR count). The zero-order chi connectivity index (χ0) is 19.1. The van der Waals surface area contributed by atoms with Crippen molar-refractivity contribution in [2.24, 2.45) is 0 Å². The summed E-state index contributed by atoms with van der Waals surface area (Å²) in [5, 5.41) is 6.89. The zero-order valence-corrected chi connectivity index (χ0v) is 15.4. The van der Waals surface area contributed by atoms with Gasteiger partial charge < -0.3 is 19.3 Å². The maximum atomic E-state index is 12.1. The molecule has 0 aliphatic heterocycles. The standard InChI is InChI=1S/C21H22N2O4/c1-25-18-7-3-5-15(11-18)9-10-22-21(24)14-17-13-20(27-23-17)16-6-4-8-19(12-16)26-2/h3-8,11-13H,9-10,14H2,1-2H3,(H,22,24). The van der Waals surface area contributed by atoms with Gasteiger partial charge in [-0.2, -0.15) is 0 Å². The van der Waals surface area contributed by atoms with E-state index in [1.165, 1.54) is 0 Å². The average Bonchev–Trinajstić information content (AvgIpc) is 3.16. The lowest BCUT2D eigenvalue weighted by molar-refractivity contribution is -0.120. The smallest absolute Gasteiger partial charge is 0.226 e. The van der Waals surface area contributed by atoms with Gasteiger partial charge in [0.05, 0.1) is 26.3 Å². The van der Waals surface area contributed by atoms with E-state index >= 15 is 0 Å². The van der Waals surface area contributed by atoms with Crippen molar-refractivity contribution in [1.82, 2.24) is 10.5 Å². The number of benzene rings is 2. The highest BCUT2D eigenvalue weighted by Gasteiger charge is 2.11. The molecule has 1 amide bonds. The summed E-state index contributed by atoms with van der Waals surface area (Å²) in [6.07, 6.45) is 0.905. The molecular formula is C21H22N2O4. The number of hydrogen-bond donors (Lipinski definition) is 1. The fraction of sp³-hybridized carbons (Fsp3) is 0.238. The molecule has 0 fully saturated rings. The quantitative estimate of drug-likeness (QED) is 0.662. The van der Waals surface area contributed by atoms with Crippen LogP contribution in [0.15, 0.2) is 59.1 Å². The van der Waals surface area contributed by atoms with Gasteiger partial charge in [-0.25, -0.2) is 0 Å². The molecule has 27 heavy (non-hydrogen) atoms. The van der Waals surface area contributed by atoms with Crippen LogP contribution in [0.25, 0.3) is 11.3 Å². The number of ether oxygens (including phenoxy) is 2. The first-order chi connectivity index (χ1) is 13.2. The molecule has 2 aromatic carbocycles. The Morgan fingerprint density at radius 1 is 1.04 bits per heavy atom. The number of carbonyl (C=O) groups is 1. The zero-order valence-electron chi connectivity index (χ0n) is 15.4. The Bertz CT molecular complexity index is 904. The van der Waals surface area contributed by atoms with Crippen molar-refractivity contribution in [3.05, 3.63) is 65.9 Å². The largest absolute Gasteiger partial charge is 0.497 e. The highest BCUT2D eigenvalue weighted by Crippen LogP contribution is 2.24. The Kier molecular flexibility index (Phi) is 6.10. The van der Waals surface area contributed by atoms with E-state index in [-0.39, 0.29) is 12.3 Å². The van der Waals surface area contributed by atoms with Gasteiger partial charge in [-0.05, 0) is 36.2 Å². The molecule has 0 saturated carbocycles. The summed E-state index contributed by atoms with van der Waals surface area (Å²) in [4.78, 5) is 12.1. The van der Waals surface area contributed by atoms with E-state index in [0.717, 1.165) is 29.0 Å². The van der Waals surface area contributed by atoms with E-state index in [4.69, 9.17) is 14.0 Å². The molecule has 1 heterocycles. The van der Waals surface area contributed by atoms with E-state index in [2.05, 4.69) is 10.5 Å². The maximum absolute atomic E-state index is 12.1. The van der Waals surface area contributed by atoms with E-state index in [1.807, 2.05) is 48.5 Å². The van der Waals surface area contributed by atoms with Crippen molar-refractivity contribution in [3.63, 3.8) is 0 Å². The predicted molar refractivity (Wildman–Crippen MR) is 102 cm³/mol. The minimum atomic E-state index is -0.0941. The highest BCUT2D eigenvalue weighted by atomic mass is 16.5. The molecule has 0 bridgehead atoms. The maximum Gasteiger partial charge on any atom is 0.226 e. The molecule has 1 aromatic heterocycles. The van der Waals surface area contributed by atoms with Crippen LogP contribution in [-0.4, -0.2) is 31.8 Å². The fourth-order valence-electron chi connectivity index (χ4n) is 2.71. The molecule has 6 nitrogen and oxygen atoms in total. The third-order valence-electron chi connectivity index (χ3n) is 4.12. The summed E-state index contributed by atoms with van der Waals surface area (Å²) in [6.45, 7) is 0.548. The van der Waals surface area contributed by atoms with Crippen LogP contribution in [0.1, 0.15) is 11.3 Å². The number of rotatable bonds is 8. The Morgan fingerprint density at radius 2 is 1.78 bits per heavy atom. The molecule has 6 heteroatoms. The Labute approximate surface area is 158 Å². The van der Waals surface area contributed by atoms with Gasteiger partial charge in [-0.15, -0.1) is 0 Å². The second-order valence-electron chi connectivity index (χ2n) is 6.04. The van der Waals surface area contributed by atoms with Crippen molar-refractivity contribution in [2.45, 2.75) is 12.8 Å². The fourth-order valence-corrected chi connectivity index (χ4v) is 2.71. The molecule has 0 aliphatic carbocycles. The van der Waals surface area contributed by atoms with Crippen molar-refractivity contribution < 1.29 is 18.8 Å². The van der Waals surface area contributed by atoms with Crippen molar-refractivity contribution >= 4 is 5.91 Å². The van der Waals surface area contributed by atoms with Crippen LogP contribution >= 0.6 is 0 Å². The van der Waals surface area contributed by atoms with Crippen LogP contribution in [0, 0.1) is 0 Å².